The Labute approximate surface area is 124 Å². The van der Waals surface area contributed by atoms with Gasteiger partial charge < -0.3 is 10.4 Å². The molecule has 0 bridgehead atoms. The summed E-state index contributed by atoms with van der Waals surface area (Å²) in [5.74, 6) is 0. The van der Waals surface area contributed by atoms with E-state index in [2.05, 4.69) is 47.2 Å². The lowest BCUT2D eigenvalue weighted by Gasteiger charge is -2.34. The Balaban J connectivity index is 2.14. The zero-order chi connectivity index (χ0) is 13.9. The molecule has 1 aliphatic carbocycles. The highest BCUT2D eigenvalue weighted by Crippen LogP contribution is 2.39. The predicted octanol–water partition coefficient (Wildman–Crippen LogP) is 4.58. The van der Waals surface area contributed by atoms with Crippen LogP contribution in [0.5, 0.6) is 0 Å². The largest absolute Gasteiger partial charge is 0.394 e. The first kappa shape index (κ1) is 14.9. The second-order valence-corrected chi connectivity index (χ2v) is 7.51. The summed E-state index contributed by atoms with van der Waals surface area (Å²) in [5, 5.41) is 13.5. The van der Waals surface area contributed by atoms with Crippen LogP contribution in [0, 0.1) is 5.41 Å². The molecule has 3 heteroatoms. The van der Waals surface area contributed by atoms with Crippen LogP contribution in [0.3, 0.4) is 0 Å². The lowest BCUT2D eigenvalue weighted by Crippen LogP contribution is -2.41. The highest BCUT2D eigenvalue weighted by Gasteiger charge is 2.35. The van der Waals surface area contributed by atoms with Crippen molar-refractivity contribution in [1.29, 1.82) is 0 Å². The van der Waals surface area contributed by atoms with E-state index >= 15 is 0 Å². The molecule has 0 aromatic heterocycles. The normalized spacial score (nSPS) is 26.7. The van der Waals surface area contributed by atoms with E-state index in [4.69, 9.17) is 0 Å². The van der Waals surface area contributed by atoms with Crippen LogP contribution in [-0.4, -0.2) is 17.3 Å². The summed E-state index contributed by atoms with van der Waals surface area (Å²) in [7, 11) is 0. The Bertz CT molecular complexity index is 433. The SMILES string of the molecule is CC1(C)CCCC(CO)(Nc2cccc(Br)c2)CC1. The highest BCUT2D eigenvalue weighted by molar-refractivity contribution is 9.10. The van der Waals surface area contributed by atoms with Gasteiger partial charge in [-0.25, -0.2) is 0 Å². The first-order chi connectivity index (χ1) is 8.95. The van der Waals surface area contributed by atoms with Gasteiger partial charge in [0.15, 0.2) is 0 Å². The second-order valence-electron chi connectivity index (χ2n) is 6.59. The van der Waals surface area contributed by atoms with Crippen molar-refractivity contribution in [3.05, 3.63) is 28.7 Å². The lowest BCUT2D eigenvalue weighted by atomic mass is 9.83. The number of nitrogens with one attached hydrogen (secondary N) is 1. The molecule has 1 saturated carbocycles. The fraction of sp³-hybridized carbons (Fsp3) is 0.625. The topological polar surface area (TPSA) is 32.3 Å². The first-order valence-corrected chi connectivity index (χ1v) is 7.89. The van der Waals surface area contributed by atoms with Gasteiger partial charge in [0.1, 0.15) is 0 Å². The summed E-state index contributed by atoms with van der Waals surface area (Å²) in [6, 6.07) is 8.19. The van der Waals surface area contributed by atoms with Crippen LogP contribution >= 0.6 is 15.9 Å². The van der Waals surface area contributed by atoms with Crippen molar-refractivity contribution >= 4 is 21.6 Å². The van der Waals surface area contributed by atoms with Crippen LogP contribution in [-0.2, 0) is 0 Å². The fourth-order valence-corrected chi connectivity index (χ4v) is 3.33. The molecule has 2 N–H and O–H groups in total. The van der Waals surface area contributed by atoms with E-state index in [0.717, 1.165) is 29.4 Å². The molecule has 0 saturated heterocycles. The molecule has 1 fully saturated rings. The van der Waals surface area contributed by atoms with Gasteiger partial charge >= 0.3 is 0 Å². The van der Waals surface area contributed by atoms with Crippen LogP contribution in [0.4, 0.5) is 5.69 Å². The number of anilines is 1. The maximum absolute atomic E-state index is 9.89. The van der Waals surface area contributed by atoms with Crippen LogP contribution in [0.25, 0.3) is 0 Å². The van der Waals surface area contributed by atoms with Crippen molar-refractivity contribution in [3.8, 4) is 0 Å². The van der Waals surface area contributed by atoms with E-state index in [0.29, 0.717) is 5.41 Å². The Morgan fingerprint density at radius 3 is 2.68 bits per heavy atom. The van der Waals surface area contributed by atoms with Gasteiger partial charge in [0.25, 0.3) is 0 Å². The number of halogens is 1. The van der Waals surface area contributed by atoms with Crippen LogP contribution < -0.4 is 5.32 Å². The van der Waals surface area contributed by atoms with Crippen LogP contribution in [0.15, 0.2) is 28.7 Å². The predicted molar refractivity (Wildman–Crippen MR) is 84.4 cm³/mol. The minimum Gasteiger partial charge on any atom is -0.394 e. The van der Waals surface area contributed by atoms with Crippen molar-refractivity contribution in [2.75, 3.05) is 11.9 Å². The monoisotopic (exact) mass is 325 g/mol. The smallest absolute Gasteiger partial charge is 0.0661 e. The van der Waals surface area contributed by atoms with Crippen molar-refractivity contribution in [3.63, 3.8) is 0 Å². The molecule has 106 valence electrons. The van der Waals surface area contributed by atoms with Gasteiger partial charge in [-0.05, 0) is 49.3 Å². The fourth-order valence-electron chi connectivity index (χ4n) is 2.93. The van der Waals surface area contributed by atoms with E-state index in [-0.39, 0.29) is 12.1 Å². The lowest BCUT2D eigenvalue weighted by molar-refractivity contribution is 0.191. The number of aliphatic hydroxyl groups is 1. The quantitative estimate of drug-likeness (QED) is 0.797. The molecule has 0 amide bonds. The molecule has 0 aliphatic heterocycles. The molecule has 1 aromatic rings. The molecule has 0 spiro atoms. The number of aliphatic hydroxyl groups excluding tert-OH is 1. The summed E-state index contributed by atoms with van der Waals surface area (Å²) in [6.07, 6.45) is 5.65. The van der Waals surface area contributed by atoms with Gasteiger partial charge in [-0.1, -0.05) is 42.3 Å². The number of benzene rings is 1. The van der Waals surface area contributed by atoms with E-state index in [9.17, 15) is 5.11 Å². The average molecular weight is 326 g/mol. The Hall–Kier alpha value is -0.540. The van der Waals surface area contributed by atoms with Gasteiger partial charge in [0, 0.05) is 10.2 Å². The average Bonchev–Trinajstić information content (AvgIpc) is 2.49. The Morgan fingerprint density at radius 1 is 1.21 bits per heavy atom. The Morgan fingerprint density at radius 2 is 2.00 bits per heavy atom. The highest BCUT2D eigenvalue weighted by atomic mass is 79.9. The van der Waals surface area contributed by atoms with Gasteiger partial charge in [0.05, 0.1) is 12.1 Å². The summed E-state index contributed by atoms with van der Waals surface area (Å²) in [5.41, 5.74) is 1.33. The van der Waals surface area contributed by atoms with Crippen molar-refractivity contribution < 1.29 is 5.11 Å². The number of hydrogen-bond acceptors (Lipinski definition) is 2. The van der Waals surface area contributed by atoms with E-state index in [1.807, 2.05) is 12.1 Å². The summed E-state index contributed by atoms with van der Waals surface area (Å²) < 4.78 is 1.07. The third-order valence-electron chi connectivity index (χ3n) is 4.33. The van der Waals surface area contributed by atoms with Gasteiger partial charge in [-0.15, -0.1) is 0 Å². The maximum Gasteiger partial charge on any atom is 0.0661 e. The van der Waals surface area contributed by atoms with E-state index in [1.165, 1.54) is 12.8 Å². The molecule has 2 nitrogen and oxygen atoms in total. The van der Waals surface area contributed by atoms with Crippen molar-refractivity contribution in [2.24, 2.45) is 5.41 Å². The van der Waals surface area contributed by atoms with Crippen molar-refractivity contribution in [2.45, 2.75) is 51.5 Å². The molecular formula is C16H24BrNO. The third-order valence-corrected chi connectivity index (χ3v) is 4.82. The summed E-state index contributed by atoms with van der Waals surface area (Å²) >= 11 is 3.50. The summed E-state index contributed by atoms with van der Waals surface area (Å²) in [4.78, 5) is 0. The zero-order valence-corrected chi connectivity index (χ0v) is 13.5. The minimum atomic E-state index is -0.158. The van der Waals surface area contributed by atoms with Crippen molar-refractivity contribution in [1.82, 2.24) is 0 Å². The first-order valence-electron chi connectivity index (χ1n) is 7.09. The molecule has 1 atom stereocenters. The van der Waals surface area contributed by atoms with Gasteiger partial charge in [0.2, 0.25) is 0 Å². The van der Waals surface area contributed by atoms with Crippen LogP contribution in [0.1, 0.15) is 46.0 Å². The van der Waals surface area contributed by atoms with Gasteiger partial charge in [-0.3, -0.25) is 0 Å². The molecule has 0 radical (unpaired) electrons. The Kier molecular flexibility index (Phi) is 4.57. The number of hydrogen-bond donors (Lipinski definition) is 2. The summed E-state index contributed by atoms with van der Waals surface area (Å²) in [6.45, 7) is 4.87. The zero-order valence-electron chi connectivity index (χ0n) is 11.9. The molecule has 1 aliphatic rings. The van der Waals surface area contributed by atoms with E-state index in [1.54, 1.807) is 0 Å². The molecule has 2 rings (SSSR count). The molecule has 19 heavy (non-hydrogen) atoms. The second kappa shape index (κ2) is 5.84. The van der Waals surface area contributed by atoms with Crippen LogP contribution in [0.2, 0.25) is 0 Å². The molecule has 1 unspecified atom stereocenters. The number of rotatable bonds is 3. The molecular weight excluding hydrogens is 302 g/mol. The minimum absolute atomic E-state index is 0.158. The molecule has 1 aromatic carbocycles. The van der Waals surface area contributed by atoms with Gasteiger partial charge in [-0.2, -0.15) is 0 Å². The molecule has 0 heterocycles. The third kappa shape index (κ3) is 3.96. The maximum atomic E-state index is 9.89. The standard InChI is InChI=1S/C16H24BrNO/c1-15(2)7-4-8-16(12-19,10-9-15)18-14-6-3-5-13(17)11-14/h3,5-6,11,18-19H,4,7-10,12H2,1-2H3. The van der Waals surface area contributed by atoms with E-state index < -0.39 is 0 Å².